The Morgan fingerprint density at radius 1 is 1.54 bits per heavy atom. The molecule has 0 bridgehead atoms. The van der Waals surface area contributed by atoms with E-state index in [1.165, 1.54) is 13.2 Å². The zero-order valence-electron chi connectivity index (χ0n) is 7.30. The Hall–Kier alpha value is -1.03. The van der Waals surface area contributed by atoms with Gasteiger partial charge >= 0.3 is 5.97 Å². The maximum Gasteiger partial charge on any atom is 0.339 e. The number of carbonyl (C=O) groups excluding carboxylic acids is 1. The number of esters is 1. The van der Waals surface area contributed by atoms with Gasteiger partial charge in [-0.15, -0.1) is 0 Å². The fraction of sp³-hybridized carbons (Fsp3) is 0.222. The maximum absolute atomic E-state index is 11.1. The summed E-state index contributed by atoms with van der Waals surface area (Å²) in [6, 6.07) is 3.05. The highest BCUT2D eigenvalue weighted by Gasteiger charge is 2.12. The number of aromatic hydroxyl groups is 1. The Balaban J connectivity index is 3.23. The molecule has 0 atom stereocenters. The number of carbonyl (C=O) groups is 1. The van der Waals surface area contributed by atoms with Gasteiger partial charge in [-0.25, -0.2) is 4.79 Å². The lowest BCUT2D eigenvalue weighted by atomic mass is 10.1. The molecule has 0 aliphatic rings. The number of hydrogen-bond acceptors (Lipinski definition) is 3. The standard InChI is InChI=1S/C9H9BrO3/c1-5-3-7(10)6(4-8(5)11)9(12)13-2/h3-4,11H,1-2H3. The molecule has 0 aromatic heterocycles. The van der Waals surface area contributed by atoms with Gasteiger partial charge in [-0.1, -0.05) is 0 Å². The minimum Gasteiger partial charge on any atom is -0.508 e. The Morgan fingerprint density at radius 3 is 2.69 bits per heavy atom. The highest BCUT2D eigenvalue weighted by Crippen LogP contribution is 2.26. The lowest BCUT2D eigenvalue weighted by Gasteiger charge is -2.05. The molecule has 70 valence electrons. The number of hydrogen-bond donors (Lipinski definition) is 1. The molecule has 0 amide bonds. The van der Waals surface area contributed by atoms with Gasteiger partial charge < -0.3 is 9.84 Å². The van der Waals surface area contributed by atoms with Crippen molar-refractivity contribution >= 4 is 21.9 Å². The molecule has 1 N–H and O–H groups in total. The van der Waals surface area contributed by atoms with E-state index in [1.807, 2.05) is 0 Å². The van der Waals surface area contributed by atoms with Crippen molar-refractivity contribution in [1.29, 1.82) is 0 Å². The Kier molecular flexibility index (Phi) is 2.93. The van der Waals surface area contributed by atoms with E-state index in [4.69, 9.17) is 0 Å². The molecule has 0 aliphatic carbocycles. The van der Waals surface area contributed by atoms with Gasteiger partial charge in [0.25, 0.3) is 0 Å². The number of aryl methyl sites for hydroxylation is 1. The van der Waals surface area contributed by atoms with Crippen LogP contribution in [0.4, 0.5) is 0 Å². The van der Waals surface area contributed by atoms with E-state index in [1.54, 1.807) is 13.0 Å². The van der Waals surface area contributed by atoms with E-state index in [0.29, 0.717) is 15.6 Å². The number of phenolic OH excluding ortho intramolecular Hbond substituents is 1. The monoisotopic (exact) mass is 244 g/mol. The average molecular weight is 245 g/mol. The van der Waals surface area contributed by atoms with E-state index < -0.39 is 5.97 Å². The quantitative estimate of drug-likeness (QED) is 0.772. The molecule has 0 saturated heterocycles. The van der Waals surface area contributed by atoms with Crippen molar-refractivity contribution in [2.24, 2.45) is 0 Å². The first-order valence-electron chi connectivity index (χ1n) is 3.63. The lowest BCUT2D eigenvalue weighted by molar-refractivity contribution is 0.0599. The predicted molar refractivity (Wildman–Crippen MR) is 51.9 cm³/mol. The Morgan fingerprint density at radius 2 is 2.15 bits per heavy atom. The second kappa shape index (κ2) is 3.79. The van der Waals surface area contributed by atoms with E-state index in [2.05, 4.69) is 20.7 Å². The molecule has 1 aromatic rings. The van der Waals surface area contributed by atoms with Crippen LogP contribution in [-0.4, -0.2) is 18.2 Å². The van der Waals surface area contributed by atoms with Gasteiger partial charge in [-0.2, -0.15) is 0 Å². The van der Waals surface area contributed by atoms with E-state index >= 15 is 0 Å². The van der Waals surface area contributed by atoms with Crippen molar-refractivity contribution in [3.8, 4) is 5.75 Å². The van der Waals surface area contributed by atoms with Crippen molar-refractivity contribution < 1.29 is 14.6 Å². The summed E-state index contributed by atoms with van der Waals surface area (Å²) < 4.78 is 5.15. The summed E-state index contributed by atoms with van der Waals surface area (Å²) in [6.45, 7) is 1.75. The zero-order valence-corrected chi connectivity index (χ0v) is 8.88. The molecule has 0 saturated carbocycles. The molecule has 4 heteroatoms. The Labute approximate surface area is 84.5 Å². The zero-order chi connectivity index (χ0) is 10.0. The van der Waals surface area contributed by atoms with Crippen molar-refractivity contribution in [2.45, 2.75) is 6.92 Å². The topological polar surface area (TPSA) is 46.5 Å². The van der Waals surface area contributed by atoms with Crippen LogP contribution in [0.5, 0.6) is 5.75 Å². The minimum atomic E-state index is -0.470. The van der Waals surface area contributed by atoms with Gasteiger partial charge in [0.15, 0.2) is 0 Å². The van der Waals surface area contributed by atoms with Crippen LogP contribution in [0.25, 0.3) is 0 Å². The Bertz CT molecular complexity index is 347. The maximum atomic E-state index is 11.1. The SMILES string of the molecule is COC(=O)c1cc(O)c(C)cc1Br. The fourth-order valence-electron chi connectivity index (χ4n) is 0.928. The van der Waals surface area contributed by atoms with Crippen LogP contribution in [0.2, 0.25) is 0 Å². The molecular formula is C9H9BrO3. The van der Waals surface area contributed by atoms with E-state index in [0.717, 1.165) is 0 Å². The molecule has 0 radical (unpaired) electrons. The molecule has 1 rings (SSSR count). The molecule has 0 spiro atoms. The van der Waals surface area contributed by atoms with Crippen molar-refractivity contribution in [3.05, 3.63) is 27.7 Å². The predicted octanol–water partition coefficient (Wildman–Crippen LogP) is 2.25. The summed E-state index contributed by atoms with van der Waals surface area (Å²) in [4.78, 5) is 11.1. The normalized spacial score (nSPS) is 9.77. The third-order valence-corrected chi connectivity index (χ3v) is 2.35. The smallest absolute Gasteiger partial charge is 0.339 e. The molecule has 0 fully saturated rings. The summed E-state index contributed by atoms with van der Waals surface area (Å²) in [7, 11) is 1.30. The van der Waals surface area contributed by atoms with Gasteiger partial charge in [-0.05, 0) is 40.5 Å². The summed E-state index contributed by atoms with van der Waals surface area (Å²) in [5.74, 6) is -0.384. The van der Waals surface area contributed by atoms with Crippen LogP contribution in [-0.2, 0) is 4.74 Å². The van der Waals surface area contributed by atoms with Crippen LogP contribution >= 0.6 is 15.9 Å². The van der Waals surface area contributed by atoms with Gasteiger partial charge in [0.2, 0.25) is 0 Å². The van der Waals surface area contributed by atoms with Crippen molar-refractivity contribution in [3.63, 3.8) is 0 Å². The number of benzene rings is 1. The molecule has 3 nitrogen and oxygen atoms in total. The second-order valence-electron chi connectivity index (χ2n) is 2.61. The summed E-state index contributed by atoms with van der Waals surface area (Å²) in [6.07, 6.45) is 0. The van der Waals surface area contributed by atoms with Crippen molar-refractivity contribution in [1.82, 2.24) is 0 Å². The van der Waals surface area contributed by atoms with Crippen LogP contribution in [0.1, 0.15) is 15.9 Å². The number of ether oxygens (including phenoxy) is 1. The average Bonchev–Trinajstić information content (AvgIpc) is 2.10. The molecule has 13 heavy (non-hydrogen) atoms. The highest BCUT2D eigenvalue weighted by atomic mass is 79.9. The van der Waals surface area contributed by atoms with E-state index in [9.17, 15) is 9.90 Å². The first kappa shape index (κ1) is 10.1. The van der Waals surface area contributed by atoms with Crippen LogP contribution in [0, 0.1) is 6.92 Å². The van der Waals surface area contributed by atoms with Gasteiger partial charge in [-0.3, -0.25) is 0 Å². The largest absolute Gasteiger partial charge is 0.508 e. The van der Waals surface area contributed by atoms with E-state index in [-0.39, 0.29) is 5.75 Å². The van der Waals surface area contributed by atoms with Crippen LogP contribution < -0.4 is 0 Å². The summed E-state index contributed by atoms with van der Waals surface area (Å²) in [5.41, 5.74) is 1.03. The number of rotatable bonds is 1. The first-order valence-corrected chi connectivity index (χ1v) is 4.43. The first-order chi connectivity index (χ1) is 6.06. The summed E-state index contributed by atoms with van der Waals surface area (Å²) >= 11 is 3.21. The fourth-order valence-corrected chi connectivity index (χ4v) is 1.55. The molecule has 0 heterocycles. The molecule has 0 unspecified atom stereocenters. The molecule has 1 aromatic carbocycles. The summed E-state index contributed by atoms with van der Waals surface area (Å²) in [5, 5.41) is 9.34. The van der Waals surface area contributed by atoms with Gasteiger partial charge in [0.05, 0.1) is 12.7 Å². The minimum absolute atomic E-state index is 0.0867. The van der Waals surface area contributed by atoms with Crippen LogP contribution in [0.3, 0.4) is 0 Å². The lowest BCUT2D eigenvalue weighted by Crippen LogP contribution is -2.02. The molecular weight excluding hydrogens is 236 g/mol. The third-order valence-electron chi connectivity index (χ3n) is 1.69. The molecule has 0 aliphatic heterocycles. The number of methoxy groups -OCH3 is 1. The van der Waals surface area contributed by atoms with Gasteiger partial charge in [0.1, 0.15) is 5.75 Å². The third kappa shape index (κ3) is 2.01. The van der Waals surface area contributed by atoms with Crippen LogP contribution in [0.15, 0.2) is 16.6 Å². The highest BCUT2D eigenvalue weighted by molar-refractivity contribution is 9.10. The number of phenols is 1. The van der Waals surface area contributed by atoms with Crippen molar-refractivity contribution in [2.75, 3.05) is 7.11 Å². The van der Waals surface area contributed by atoms with Gasteiger partial charge in [0, 0.05) is 4.47 Å². The second-order valence-corrected chi connectivity index (χ2v) is 3.46. The number of halogens is 1.